The minimum absolute atomic E-state index is 0.109. The topological polar surface area (TPSA) is 26.3 Å². The van der Waals surface area contributed by atoms with Gasteiger partial charge < -0.3 is 4.74 Å². The number of unbranched alkanes of at least 4 members (excludes halogenated alkanes) is 10. The van der Waals surface area contributed by atoms with Crippen LogP contribution in [0.15, 0.2) is 24.3 Å². The number of hydrogen-bond donors (Lipinski definition) is 0. The summed E-state index contributed by atoms with van der Waals surface area (Å²) < 4.78 is 5.40. The first-order chi connectivity index (χ1) is 12.4. The second-order valence-corrected chi connectivity index (χ2v) is 8.50. The summed E-state index contributed by atoms with van der Waals surface area (Å²) in [5.74, 6) is -0.197. The smallest absolute Gasteiger partial charge is 0.338 e. The van der Waals surface area contributed by atoms with Crippen molar-refractivity contribution < 1.29 is 9.53 Å². The van der Waals surface area contributed by atoms with Gasteiger partial charge in [-0.1, -0.05) is 104 Å². The predicted octanol–water partition coefficient (Wildman–Crippen LogP) is 7.45. The molecule has 0 aliphatic heterocycles. The molecule has 0 unspecified atom stereocenters. The minimum atomic E-state index is -0.197. The van der Waals surface area contributed by atoms with Crippen LogP contribution in [-0.4, -0.2) is 12.6 Å². The number of carbonyl (C=O) groups is 1. The van der Waals surface area contributed by atoms with Crippen molar-refractivity contribution in [1.82, 2.24) is 0 Å². The normalized spacial score (nSPS) is 11.5. The Morgan fingerprint density at radius 2 is 1.23 bits per heavy atom. The van der Waals surface area contributed by atoms with E-state index in [0.717, 1.165) is 12.8 Å². The Kier molecular flexibility index (Phi) is 11.3. The number of benzene rings is 1. The Balaban J connectivity index is 2.03. The molecule has 1 aromatic carbocycles. The summed E-state index contributed by atoms with van der Waals surface area (Å²) in [7, 11) is 0. The molecule has 0 N–H and O–H groups in total. The SMILES string of the molecule is CCCCCCCCCCCCCOC(=O)c1ccc(C(C)(C)C)cc1. The van der Waals surface area contributed by atoms with E-state index in [-0.39, 0.29) is 11.4 Å². The Bertz CT molecular complexity index is 482. The van der Waals surface area contributed by atoms with Gasteiger partial charge in [0.25, 0.3) is 0 Å². The largest absolute Gasteiger partial charge is 0.462 e. The molecular weight excluding hydrogens is 320 g/mol. The van der Waals surface area contributed by atoms with E-state index in [2.05, 4.69) is 27.7 Å². The predicted molar refractivity (Wildman–Crippen MR) is 112 cm³/mol. The minimum Gasteiger partial charge on any atom is -0.462 e. The molecule has 0 spiro atoms. The van der Waals surface area contributed by atoms with Crippen molar-refractivity contribution >= 4 is 5.97 Å². The van der Waals surface area contributed by atoms with Crippen LogP contribution in [0.2, 0.25) is 0 Å². The zero-order chi connectivity index (χ0) is 19.3. The average Bonchev–Trinajstić information content (AvgIpc) is 2.62. The van der Waals surface area contributed by atoms with Gasteiger partial charge in [-0.15, -0.1) is 0 Å². The van der Waals surface area contributed by atoms with Crippen LogP contribution in [-0.2, 0) is 10.2 Å². The van der Waals surface area contributed by atoms with Crippen LogP contribution in [0.5, 0.6) is 0 Å². The number of esters is 1. The van der Waals surface area contributed by atoms with Gasteiger partial charge in [-0.3, -0.25) is 0 Å². The van der Waals surface area contributed by atoms with Gasteiger partial charge in [-0.2, -0.15) is 0 Å². The Hall–Kier alpha value is -1.31. The third kappa shape index (κ3) is 9.99. The lowest BCUT2D eigenvalue weighted by atomic mass is 9.87. The summed E-state index contributed by atoms with van der Waals surface area (Å²) in [4.78, 5) is 12.1. The molecule has 1 rings (SSSR count). The fourth-order valence-corrected chi connectivity index (χ4v) is 3.12. The zero-order valence-corrected chi connectivity index (χ0v) is 17.6. The maximum absolute atomic E-state index is 12.1. The lowest BCUT2D eigenvalue weighted by Crippen LogP contribution is -2.12. The lowest BCUT2D eigenvalue weighted by molar-refractivity contribution is 0.0497. The number of hydrogen-bond acceptors (Lipinski definition) is 2. The van der Waals surface area contributed by atoms with Crippen molar-refractivity contribution in [1.29, 1.82) is 0 Å². The van der Waals surface area contributed by atoms with Gasteiger partial charge in [-0.25, -0.2) is 4.79 Å². The molecule has 1 aromatic rings. The highest BCUT2D eigenvalue weighted by atomic mass is 16.5. The first kappa shape index (κ1) is 22.7. The van der Waals surface area contributed by atoms with Crippen LogP contribution in [0.4, 0.5) is 0 Å². The van der Waals surface area contributed by atoms with Gasteiger partial charge in [0.05, 0.1) is 12.2 Å². The van der Waals surface area contributed by atoms with Crippen LogP contribution >= 0.6 is 0 Å². The van der Waals surface area contributed by atoms with E-state index in [1.165, 1.54) is 63.4 Å². The standard InChI is InChI=1S/C24H40O2/c1-5-6-7-8-9-10-11-12-13-14-15-20-26-23(25)21-16-18-22(19-17-21)24(2,3)4/h16-19H,5-15,20H2,1-4H3. The Morgan fingerprint density at radius 1 is 0.769 bits per heavy atom. The van der Waals surface area contributed by atoms with E-state index in [9.17, 15) is 4.79 Å². The molecule has 0 heterocycles. The molecule has 0 bridgehead atoms. The summed E-state index contributed by atoms with van der Waals surface area (Å²) in [6.07, 6.45) is 14.4. The van der Waals surface area contributed by atoms with Gasteiger partial charge in [0, 0.05) is 0 Å². The van der Waals surface area contributed by atoms with E-state index in [1.807, 2.05) is 24.3 Å². The van der Waals surface area contributed by atoms with Crippen LogP contribution in [0.3, 0.4) is 0 Å². The summed E-state index contributed by atoms with van der Waals surface area (Å²) >= 11 is 0. The molecular formula is C24H40O2. The summed E-state index contributed by atoms with van der Waals surface area (Å²) in [5, 5.41) is 0. The first-order valence-corrected chi connectivity index (χ1v) is 10.7. The summed E-state index contributed by atoms with van der Waals surface area (Å²) in [5.41, 5.74) is 2.00. The van der Waals surface area contributed by atoms with Crippen LogP contribution in [0.1, 0.15) is 114 Å². The Labute approximate surface area is 161 Å². The van der Waals surface area contributed by atoms with Gasteiger partial charge in [0.15, 0.2) is 0 Å². The van der Waals surface area contributed by atoms with Gasteiger partial charge in [0.1, 0.15) is 0 Å². The van der Waals surface area contributed by atoms with E-state index in [0.29, 0.717) is 12.2 Å². The van der Waals surface area contributed by atoms with Crippen molar-refractivity contribution in [3.8, 4) is 0 Å². The molecule has 0 fully saturated rings. The second kappa shape index (κ2) is 12.9. The highest BCUT2D eigenvalue weighted by molar-refractivity contribution is 5.89. The monoisotopic (exact) mass is 360 g/mol. The first-order valence-electron chi connectivity index (χ1n) is 10.7. The third-order valence-corrected chi connectivity index (χ3v) is 4.97. The Morgan fingerprint density at radius 3 is 1.69 bits per heavy atom. The van der Waals surface area contributed by atoms with Crippen molar-refractivity contribution in [2.75, 3.05) is 6.61 Å². The van der Waals surface area contributed by atoms with Crippen LogP contribution < -0.4 is 0 Å². The van der Waals surface area contributed by atoms with Crippen molar-refractivity contribution in [2.24, 2.45) is 0 Å². The molecule has 2 heteroatoms. The molecule has 0 aliphatic carbocycles. The number of rotatable bonds is 13. The van der Waals surface area contributed by atoms with E-state index < -0.39 is 0 Å². The molecule has 148 valence electrons. The van der Waals surface area contributed by atoms with Gasteiger partial charge >= 0.3 is 5.97 Å². The fraction of sp³-hybridized carbons (Fsp3) is 0.708. The quantitative estimate of drug-likeness (QED) is 0.270. The molecule has 0 atom stereocenters. The van der Waals surface area contributed by atoms with Crippen molar-refractivity contribution in [3.63, 3.8) is 0 Å². The van der Waals surface area contributed by atoms with E-state index >= 15 is 0 Å². The molecule has 0 saturated carbocycles. The highest BCUT2D eigenvalue weighted by Crippen LogP contribution is 2.22. The molecule has 0 amide bonds. The maximum atomic E-state index is 12.1. The molecule has 2 nitrogen and oxygen atoms in total. The van der Waals surface area contributed by atoms with Crippen molar-refractivity contribution in [3.05, 3.63) is 35.4 Å². The second-order valence-electron chi connectivity index (χ2n) is 8.50. The van der Waals surface area contributed by atoms with Crippen LogP contribution in [0, 0.1) is 0 Å². The summed E-state index contributed by atoms with van der Waals surface area (Å²) in [6.45, 7) is 9.32. The lowest BCUT2D eigenvalue weighted by Gasteiger charge is -2.18. The zero-order valence-electron chi connectivity index (χ0n) is 17.6. The third-order valence-electron chi connectivity index (χ3n) is 4.97. The molecule has 0 aliphatic rings. The maximum Gasteiger partial charge on any atom is 0.338 e. The molecule has 0 saturated heterocycles. The number of ether oxygens (including phenoxy) is 1. The number of carbonyl (C=O) groups excluding carboxylic acids is 1. The van der Waals surface area contributed by atoms with Crippen LogP contribution in [0.25, 0.3) is 0 Å². The highest BCUT2D eigenvalue weighted by Gasteiger charge is 2.14. The van der Waals surface area contributed by atoms with Gasteiger partial charge in [0.2, 0.25) is 0 Å². The van der Waals surface area contributed by atoms with E-state index in [1.54, 1.807) is 0 Å². The molecule has 26 heavy (non-hydrogen) atoms. The van der Waals surface area contributed by atoms with Crippen molar-refractivity contribution in [2.45, 2.75) is 104 Å². The fourth-order valence-electron chi connectivity index (χ4n) is 3.12. The molecule has 0 radical (unpaired) electrons. The average molecular weight is 361 g/mol. The van der Waals surface area contributed by atoms with E-state index in [4.69, 9.17) is 4.74 Å². The molecule has 0 aromatic heterocycles. The van der Waals surface area contributed by atoms with Gasteiger partial charge in [-0.05, 0) is 29.5 Å². The summed E-state index contributed by atoms with van der Waals surface area (Å²) in [6, 6.07) is 7.81.